The number of carbonyl (C=O) groups is 1. The average Bonchev–Trinajstić information content (AvgIpc) is 3.06. The zero-order chi connectivity index (χ0) is 18.4. The minimum Gasteiger partial charge on any atom is -0.479 e. The fourth-order valence-corrected chi connectivity index (χ4v) is 3.36. The Labute approximate surface area is 147 Å². The van der Waals surface area contributed by atoms with Gasteiger partial charge in [-0.1, -0.05) is 6.08 Å². The van der Waals surface area contributed by atoms with Crippen molar-refractivity contribution in [1.29, 1.82) is 0 Å². The maximum atomic E-state index is 13.8. The molecule has 1 aromatic rings. The van der Waals surface area contributed by atoms with E-state index in [1.165, 1.54) is 7.11 Å². The molecule has 0 N–H and O–H groups in total. The zero-order valence-corrected chi connectivity index (χ0v) is 15.3. The van der Waals surface area contributed by atoms with Gasteiger partial charge in [0.05, 0.1) is 12.8 Å². The van der Waals surface area contributed by atoms with Gasteiger partial charge >= 0.3 is 6.09 Å². The predicted molar refractivity (Wildman–Crippen MR) is 90.7 cm³/mol. The highest BCUT2D eigenvalue weighted by molar-refractivity contribution is 5.70. The largest absolute Gasteiger partial charge is 0.479 e. The number of fused-ring (bicyclic) bond motifs is 1. The van der Waals surface area contributed by atoms with E-state index in [2.05, 4.69) is 16.0 Å². The van der Waals surface area contributed by atoms with Crippen LogP contribution in [-0.4, -0.2) is 46.8 Å². The van der Waals surface area contributed by atoms with Crippen LogP contribution in [0.4, 0.5) is 9.18 Å². The summed E-state index contributed by atoms with van der Waals surface area (Å²) in [5.41, 5.74) is 0.765. The molecule has 2 heterocycles. The Bertz CT molecular complexity index is 727. The number of carbonyl (C=O) groups excluding carboxylic acids is 1. The number of aromatic nitrogens is 2. The molecule has 0 aromatic carbocycles. The van der Waals surface area contributed by atoms with Crippen molar-refractivity contribution in [3.8, 4) is 5.88 Å². The number of aryl methyl sites for hydroxylation is 1. The van der Waals surface area contributed by atoms with Crippen LogP contribution in [0.1, 0.15) is 38.7 Å². The number of likely N-dealkylation sites (tertiary alicyclic amines) is 1. The Morgan fingerprint density at radius 1 is 1.32 bits per heavy atom. The summed E-state index contributed by atoms with van der Waals surface area (Å²) in [7, 11) is 1.39. The van der Waals surface area contributed by atoms with Gasteiger partial charge in [0.1, 0.15) is 5.60 Å². The number of ether oxygens (including phenoxy) is 2. The monoisotopic (exact) mass is 349 g/mol. The van der Waals surface area contributed by atoms with E-state index >= 15 is 0 Å². The third-order valence-corrected chi connectivity index (χ3v) is 4.51. The third-order valence-electron chi connectivity index (χ3n) is 4.51. The second-order valence-electron chi connectivity index (χ2n) is 7.66. The molecular formula is C18H24FN3O3. The van der Waals surface area contributed by atoms with E-state index in [4.69, 9.17) is 9.47 Å². The third kappa shape index (κ3) is 3.60. The lowest BCUT2D eigenvalue weighted by atomic mass is 10.00. The lowest BCUT2D eigenvalue weighted by Gasteiger charge is -2.24. The van der Waals surface area contributed by atoms with Crippen LogP contribution in [0.3, 0.4) is 0 Å². The Balaban J connectivity index is 1.73. The van der Waals surface area contributed by atoms with Crippen LogP contribution in [0.5, 0.6) is 5.88 Å². The van der Waals surface area contributed by atoms with Crippen LogP contribution in [0, 0.1) is 24.6 Å². The predicted octanol–water partition coefficient (Wildman–Crippen LogP) is 3.20. The minimum absolute atomic E-state index is 0.0316. The topological polar surface area (TPSA) is 64.5 Å². The van der Waals surface area contributed by atoms with Gasteiger partial charge in [-0.15, -0.1) is 0 Å². The fraction of sp³-hybridized carbons (Fsp3) is 0.611. The average molecular weight is 349 g/mol. The van der Waals surface area contributed by atoms with Crippen molar-refractivity contribution in [3.63, 3.8) is 0 Å². The highest BCUT2D eigenvalue weighted by Gasteiger charge is 2.40. The van der Waals surface area contributed by atoms with Crippen LogP contribution in [0.25, 0.3) is 5.57 Å². The number of hydrogen-bond donors (Lipinski definition) is 0. The first-order chi connectivity index (χ1) is 11.7. The summed E-state index contributed by atoms with van der Waals surface area (Å²) in [5, 5.41) is 0. The first-order valence-corrected chi connectivity index (χ1v) is 8.45. The molecule has 0 spiro atoms. The van der Waals surface area contributed by atoms with Crippen LogP contribution in [0.2, 0.25) is 0 Å². The summed E-state index contributed by atoms with van der Waals surface area (Å²) >= 11 is 0. The lowest BCUT2D eigenvalue weighted by molar-refractivity contribution is 0.0285. The molecule has 1 fully saturated rings. The fourth-order valence-electron chi connectivity index (χ4n) is 3.36. The van der Waals surface area contributed by atoms with Gasteiger partial charge in [0.25, 0.3) is 5.88 Å². The van der Waals surface area contributed by atoms with E-state index in [0.29, 0.717) is 24.8 Å². The van der Waals surface area contributed by atoms with E-state index in [0.717, 1.165) is 12.0 Å². The van der Waals surface area contributed by atoms with Gasteiger partial charge in [0.2, 0.25) is 5.82 Å². The summed E-state index contributed by atoms with van der Waals surface area (Å²) in [6, 6.07) is 0. The van der Waals surface area contributed by atoms with Gasteiger partial charge in [0.15, 0.2) is 5.82 Å². The van der Waals surface area contributed by atoms with Gasteiger partial charge in [-0.05, 0) is 45.6 Å². The van der Waals surface area contributed by atoms with Crippen molar-refractivity contribution in [1.82, 2.24) is 14.9 Å². The van der Waals surface area contributed by atoms with Crippen LogP contribution in [-0.2, 0) is 4.74 Å². The van der Waals surface area contributed by atoms with Crippen LogP contribution < -0.4 is 4.74 Å². The SMILES string of the molecule is COc1nc(C2=CC3CN(C(=O)OC(C)(C)C)CC3C2)nc(C)c1F. The number of halogens is 1. The second-order valence-corrected chi connectivity index (χ2v) is 7.66. The highest BCUT2D eigenvalue weighted by Crippen LogP contribution is 2.40. The molecule has 6 nitrogen and oxygen atoms in total. The number of hydrogen-bond acceptors (Lipinski definition) is 5. The van der Waals surface area contributed by atoms with Crippen molar-refractivity contribution >= 4 is 11.7 Å². The van der Waals surface area contributed by atoms with Crippen LogP contribution >= 0.6 is 0 Å². The Kier molecular flexibility index (Phi) is 4.43. The molecule has 2 unspecified atom stereocenters. The molecule has 1 saturated heterocycles. The van der Waals surface area contributed by atoms with Crippen molar-refractivity contribution in [3.05, 3.63) is 23.4 Å². The Morgan fingerprint density at radius 2 is 2.04 bits per heavy atom. The van der Waals surface area contributed by atoms with Gasteiger partial charge in [-0.3, -0.25) is 0 Å². The number of amides is 1. The molecule has 1 amide bonds. The summed E-state index contributed by atoms with van der Waals surface area (Å²) in [5.74, 6) is 0.524. The van der Waals surface area contributed by atoms with Crippen LogP contribution in [0.15, 0.2) is 6.08 Å². The molecule has 1 aromatic heterocycles. The molecule has 7 heteroatoms. The van der Waals surface area contributed by atoms with E-state index in [9.17, 15) is 9.18 Å². The number of rotatable bonds is 2. The second kappa shape index (κ2) is 6.28. The number of nitrogens with zero attached hydrogens (tertiary/aromatic N) is 3. The van der Waals surface area contributed by atoms with E-state index < -0.39 is 11.4 Å². The molecule has 2 atom stereocenters. The summed E-state index contributed by atoms with van der Waals surface area (Å²) < 4.78 is 24.3. The summed E-state index contributed by atoms with van der Waals surface area (Å²) in [4.78, 5) is 22.4. The van der Waals surface area contributed by atoms with Gasteiger partial charge in [-0.25, -0.2) is 9.78 Å². The minimum atomic E-state index is -0.527. The number of methoxy groups -OCH3 is 1. The van der Waals surface area contributed by atoms with Crippen molar-refractivity contribution in [2.75, 3.05) is 20.2 Å². The molecule has 0 radical (unpaired) electrons. The molecule has 25 heavy (non-hydrogen) atoms. The van der Waals surface area contributed by atoms with E-state index in [1.54, 1.807) is 11.8 Å². The zero-order valence-electron chi connectivity index (χ0n) is 15.3. The molecule has 1 aliphatic heterocycles. The summed E-state index contributed by atoms with van der Waals surface area (Å²) in [6.07, 6.45) is 2.59. The first-order valence-electron chi connectivity index (χ1n) is 8.45. The molecule has 1 aliphatic carbocycles. The van der Waals surface area contributed by atoms with Crippen molar-refractivity contribution < 1.29 is 18.7 Å². The highest BCUT2D eigenvalue weighted by atomic mass is 19.1. The standard InChI is InChI=1S/C18H24FN3O3/c1-10-14(19)16(24-5)21-15(20-10)11-6-12-8-22(9-13(12)7-11)17(23)25-18(2,3)4/h6,12-13H,7-9H2,1-5H3. The quantitative estimate of drug-likeness (QED) is 0.820. The molecule has 3 rings (SSSR count). The first kappa shape index (κ1) is 17.6. The van der Waals surface area contributed by atoms with Crippen molar-refractivity contribution in [2.24, 2.45) is 11.8 Å². The van der Waals surface area contributed by atoms with Gasteiger partial charge in [-0.2, -0.15) is 9.37 Å². The maximum absolute atomic E-state index is 13.8. The van der Waals surface area contributed by atoms with E-state index in [1.807, 2.05) is 20.8 Å². The molecule has 136 valence electrons. The molecule has 0 saturated carbocycles. The van der Waals surface area contributed by atoms with Gasteiger partial charge < -0.3 is 14.4 Å². The Hall–Kier alpha value is -2.18. The number of allylic oxidation sites excluding steroid dienone is 1. The van der Waals surface area contributed by atoms with Gasteiger partial charge in [0, 0.05) is 19.0 Å². The van der Waals surface area contributed by atoms with E-state index in [-0.39, 0.29) is 23.6 Å². The molecular weight excluding hydrogens is 325 g/mol. The Morgan fingerprint density at radius 3 is 2.64 bits per heavy atom. The lowest BCUT2D eigenvalue weighted by Crippen LogP contribution is -2.35. The molecule has 2 aliphatic rings. The smallest absolute Gasteiger partial charge is 0.410 e. The normalized spacial score (nSPS) is 22.6. The summed E-state index contributed by atoms with van der Waals surface area (Å²) in [6.45, 7) is 8.46. The maximum Gasteiger partial charge on any atom is 0.410 e. The molecule has 0 bridgehead atoms. The van der Waals surface area contributed by atoms with Crippen molar-refractivity contribution in [2.45, 2.75) is 39.7 Å².